The van der Waals surface area contributed by atoms with E-state index < -0.39 is 0 Å². The molecule has 1 N–H and O–H groups in total. The molecule has 1 amide bonds. The van der Waals surface area contributed by atoms with E-state index in [4.69, 9.17) is 39.5 Å². The lowest BCUT2D eigenvalue weighted by Crippen LogP contribution is -2.26. The largest absolute Gasteiger partial charge is 0.494 e. The number of fused-ring (bicyclic) bond motifs is 1. The van der Waals surface area contributed by atoms with Gasteiger partial charge in [0.2, 0.25) is 5.91 Å². The van der Waals surface area contributed by atoms with Crippen LogP contribution in [0.5, 0.6) is 5.75 Å². The predicted octanol–water partition coefficient (Wildman–Crippen LogP) is 4.03. The molecule has 4 nitrogen and oxygen atoms in total. The minimum atomic E-state index is 0.0407. The first-order chi connectivity index (χ1) is 9.88. The van der Waals surface area contributed by atoms with Crippen LogP contribution in [0.4, 0.5) is 5.69 Å². The van der Waals surface area contributed by atoms with Crippen LogP contribution in [-0.4, -0.2) is 38.1 Å². The minimum absolute atomic E-state index is 0.0407. The molecule has 1 aromatic carbocycles. The summed E-state index contributed by atoms with van der Waals surface area (Å²) in [5, 5.41) is 4.48. The molecule has 0 aromatic heterocycles. The van der Waals surface area contributed by atoms with Crippen molar-refractivity contribution in [1.82, 2.24) is 4.90 Å². The number of anilines is 1. The molecule has 116 valence electrons. The van der Waals surface area contributed by atoms with Gasteiger partial charge in [-0.2, -0.15) is 0 Å². The van der Waals surface area contributed by atoms with Crippen LogP contribution in [0.2, 0.25) is 15.1 Å². The lowest BCUT2D eigenvalue weighted by Gasteiger charge is -2.19. The second-order valence-electron chi connectivity index (χ2n) is 5.07. The molecule has 2 rings (SSSR count). The highest BCUT2D eigenvalue weighted by molar-refractivity contribution is 6.47. The van der Waals surface area contributed by atoms with Crippen molar-refractivity contribution in [2.45, 2.75) is 19.3 Å². The van der Waals surface area contributed by atoms with Crippen LogP contribution in [0.3, 0.4) is 0 Å². The lowest BCUT2D eigenvalue weighted by molar-refractivity contribution is -0.127. The maximum absolute atomic E-state index is 11.3. The minimum Gasteiger partial charge on any atom is -0.494 e. The van der Waals surface area contributed by atoms with E-state index in [2.05, 4.69) is 5.32 Å². The monoisotopic (exact) mass is 350 g/mol. The van der Waals surface area contributed by atoms with E-state index in [0.29, 0.717) is 33.9 Å². The maximum atomic E-state index is 11.3. The zero-order valence-electron chi connectivity index (χ0n) is 12.1. The first kappa shape index (κ1) is 16.5. The van der Waals surface area contributed by atoms with Crippen molar-refractivity contribution in [1.29, 1.82) is 0 Å². The van der Waals surface area contributed by atoms with Gasteiger partial charge < -0.3 is 15.0 Å². The van der Waals surface area contributed by atoms with Crippen LogP contribution >= 0.6 is 34.8 Å². The van der Waals surface area contributed by atoms with Gasteiger partial charge in [-0.05, 0) is 6.42 Å². The number of hydrogen-bond donors (Lipinski definition) is 1. The molecule has 0 fully saturated rings. The van der Waals surface area contributed by atoms with E-state index in [1.54, 1.807) is 18.9 Å². The molecule has 21 heavy (non-hydrogen) atoms. The van der Waals surface area contributed by atoms with E-state index in [-0.39, 0.29) is 11.8 Å². The summed E-state index contributed by atoms with van der Waals surface area (Å²) in [7, 11) is 3.29. The molecule has 0 saturated heterocycles. The van der Waals surface area contributed by atoms with Gasteiger partial charge in [-0.25, -0.2) is 0 Å². The molecule has 1 aliphatic rings. The van der Waals surface area contributed by atoms with Gasteiger partial charge in [0.05, 0.1) is 22.8 Å². The number of ether oxygens (including phenoxy) is 1. The highest BCUT2D eigenvalue weighted by atomic mass is 35.5. The van der Waals surface area contributed by atoms with Gasteiger partial charge in [0, 0.05) is 38.5 Å². The van der Waals surface area contributed by atoms with Crippen molar-refractivity contribution in [3.05, 3.63) is 20.6 Å². The molecule has 1 unspecified atom stereocenters. The molecule has 1 aromatic rings. The van der Waals surface area contributed by atoms with Crippen molar-refractivity contribution < 1.29 is 9.53 Å². The zero-order valence-corrected chi connectivity index (χ0v) is 14.4. The number of benzene rings is 1. The van der Waals surface area contributed by atoms with Crippen LogP contribution < -0.4 is 10.1 Å². The summed E-state index contributed by atoms with van der Waals surface area (Å²) < 4.78 is 5.25. The van der Waals surface area contributed by atoms with Crippen LogP contribution in [0.1, 0.15) is 24.8 Å². The number of amides is 1. The summed E-state index contributed by atoms with van der Waals surface area (Å²) in [6, 6.07) is 0. The fourth-order valence-electron chi connectivity index (χ4n) is 2.47. The Bertz CT molecular complexity index is 578. The number of rotatable bonds is 4. The third-order valence-electron chi connectivity index (χ3n) is 3.80. The molecule has 1 aliphatic heterocycles. The van der Waals surface area contributed by atoms with E-state index in [0.717, 1.165) is 17.7 Å². The smallest absolute Gasteiger partial charge is 0.219 e. The summed E-state index contributed by atoms with van der Waals surface area (Å²) in [6.07, 6.45) is 0.789. The Hall–Kier alpha value is -0.840. The van der Waals surface area contributed by atoms with Crippen LogP contribution in [0.25, 0.3) is 0 Å². The van der Waals surface area contributed by atoms with Crippen LogP contribution in [0, 0.1) is 0 Å². The number of methoxy groups -OCH3 is 1. The van der Waals surface area contributed by atoms with Gasteiger partial charge in [0.25, 0.3) is 0 Å². The van der Waals surface area contributed by atoms with Gasteiger partial charge in [-0.15, -0.1) is 0 Å². The molecular weight excluding hydrogens is 335 g/mol. The highest BCUT2D eigenvalue weighted by Gasteiger charge is 2.31. The van der Waals surface area contributed by atoms with Crippen molar-refractivity contribution in [2.24, 2.45) is 0 Å². The fraction of sp³-hybridized carbons (Fsp3) is 0.500. The maximum Gasteiger partial charge on any atom is 0.219 e. The first-order valence-electron chi connectivity index (χ1n) is 6.58. The summed E-state index contributed by atoms with van der Waals surface area (Å²) in [5.74, 6) is 0.604. The molecule has 0 aliphatic carbocycles. The molecule has 0 spiro atoms. The Morgan fingerprint density at radius 3 is 2.57 bits per heavy atom. The molecule has 0 bridgehead atoms. The summed E-state index contributed by atoms with van der Waals surface area (Å²) in [4.78, 5) is 13.0. The molecular formula is C14H17Cl3N2O2. The number of nitrogens with zero attached hydrogens (tertiary/aromatic N) is 1. The molecule has 1 heterocycles. The Balaban J connectivity index is 2.31. The number of carbonyl (C=O) groups excluding carboxylic acids is 1. The van der Waals surface area contributed by atoms with Crippen molar-refractivity contribution >= 4 is 46.4 Å². The van der Waals surface area contributed by atoms with Gasteiger partial charge >= 0.3 is 0 Å². The molecule has 7 heteroatoms. The first-order valence-corrected chi connectivity index (χ1v) is 7.71. The second-order valence-corrected chi connectivity index (χ2v) is 6.20. The summed E-state index contributed by atoms with van der Waals surface area (Å²) in [6.45, 7) is 2.91. The number of carbonyl (C=O) groups is 1. The molecule has 0 saturated carbocycles. The fourth-order valence-corrected chi connectivity index (χ4v) is 3.46. The average Bonchev–Trinajstić information content (AvgIpc) is 2.87. The normalized spacial score (nSPS) is 16.4. The van der Waals surface area contributed by atoms with Crippen molar-refractivity contribution in [3.63, 3.8) is 0 Å². The average molecular weight is 352 g/mol. The standard InChI is InChI=1S/C14H17Cl3N2O2/c1-7(20)19(2)5-4-8-6-18-13-9(8)10(15)14(21-3)12(17)11(13)16/h8,18H,4-6H2,1-3H3. The Labute approximate surface area is 139 Å². The van der Waals surface area contributed by atoms with E-state index in [1.165, 1.54) is 7.11 Å². The van der Waals surface area contributed by atoms with E-state index >= 15 is 0 Å². The topological polar surface area (TPSA) is 41.6 Å². The van der Waals surface area contributed by atoms with Crippen LogP contribution in [-0.2, 0) is 4.79 Å². The third-order valence-corrected chi connectivity index (χ3v) is 5.02. The zero-order chi connectivity index (χ0) is 15.7. The molecule has 1 atom stereocenters. The van der Waals surface area contributed by atoms with E-state index in [9.17, 15) is 4.79 Å². The number of hydrogen-bond acceptors (Lipinski definition) is 3. The third kappa shape index (κ3) is 3.03. The van der Waals surface area contributed by atoms with E-state index in [1.807, 2.05) is 0 Å². The van der Waals surface area contributed by atoms with Gasteiger partial charge in [-0.1, -0.05) is 34.8 Å². The number of halogens is 3. The van der Waals surface area contributed by atoms with Crippen LogP contribution in [0.15, 0.2) is 0 Å². The van der Waals surface area contributed by atoms with Gasteiger partial charge in [-0.3, -0.25) is 4.79 Å². The predicted molar refractivity (Wildman–Crippen MR) is 87.2 cm³/mol. The van der Waals surface area contributed by atoms with Crippen molar-refractivity contribution in [2.75, 3.05) is 32.6 Å². The quantitative estimate of drug-likeness (QED) is 0.833. The van der Waals surface area contributed by atoms with Gasteiger partial charge in [0.1, 0.15) is 5.02 Å². The SMILES string of the molecule is COc1c(Cl)c(Cl)c2c(c1Cl)C(CCN(C)C(C)=O)CN2. The number of nitrogens with one attached hydrogen (secondary N) is 1. The molecule has 0 radical (unpaired) electrons. The Kier molecular flexibility index (Phi) is 5.12. The summed E-state index contributed by atoms with van der Waals surface area (Å²) in [5.41, 5.74) is 1.68. The Morgan fingerprint density at radius 2 is 2.00 bits per heavy atom. The second kappa shape index (κ2) is 6.51. The van der Waals surface area contributed by atoms with Gasteiger partial charge in [0.15, 0.2) is 5.75 Å². The summed E-state index contributed by atoms with van der Waals surface area (Å²) >= 11 is 18.9. The Morgan fingerprint density at radius 1 is 1.33 bits per heavy atom. The lowest BCUT2D eigenvalue weighted by atomic mass is 9.97. The van der Waals surface area contributed by atoms with Crippen molar-refractivity contribution in [3.8, 4) is 5.75 Å². The highest BCUT2D eigenvalue weighted by Crippen LogP contribution is 2.51.